The van der Waals surface area contributed by atoms with Crippen molar-refractivity contribution in [1.82, 2.24) is 10.3 Å². The minimum atomic E-state index is 0.271. The van der Waals surface area contributed by atoms with Gasteiger partial charge in [-0.2, -0.15) is 0 Å². The largest absolute Gasteiger partial charge is 0.317 e. The molecule has 0 aliphatic carbocycles. The van der Waals surface area contributed by atoms with E-state index in [0.29, 0.717) is 0 Å². The molecule has 0 saturated heterocycles. The summed E-state index contributed by atoms with van der Waals surface area (Å²) >= 11 is 6.11. The lowest BCUT2D eigenvalue weighted by molar-refractivity contribution is 0.327. The molecule has 0 atom stereocenters. The van der Waals surface area contributed by atoms with E-state index in [1.807, 2.05) is 12.3 Å². The molecule has 0 saturated carbocycles. The van der Waals surface area contributed by atoms with Crippen LogP contribution in [0.5, 0.6) is 0 Å². The van der Waals surface area contributed by atoms with Gasteiger partial charge in [-0.25, -0.2) is 0 Å². The van der Waals surface area contributed by atoms with Crippen LogP contribution in [0.15, 0.2) is 18.5 Å². The second kappa shape index (κ2) is 6.21. The minimum absolute atomic E-state index is 0.271. The molecule has 1 heterocycles. The summed E-state index contributed by atoms with van der Waals surface area (Å²) in [4.78, 5) is 4.01. The van der Waals surface area contributed by atoms with Crippen LogP contribution in [-0.2, 0) is 6.42 Å². The molecule has 0 aliphatic heterocycles. The second-order valence-corrected chi connectivity index (χ2v) is 5.32. The third-order valence-electron chi connectivity index (χ3n) is 2.75. The number of aromatic nitrogens is 1. The average Bonchev–Trinajstić information content (AvgIpc) is 2.21. The Morgan fingerprint density at radius 1 is 1.44 bits per heavy atom. The summed E-state index contributed by atoms with van der Waals surface area (Å²) in [5.74, 6) is 0. The van der Waals surface area contributed by atoms with Crippen molar-refractivity contribution in [3.63, 3.8) is 0 Å². The Bertz CT molecular complexity index is 323. The van der Waals surface area contributed by atoms with Crippen LogP contribution in [0.2, 0.25) is 5.02 Å². The summed E-state index contributed by atoms with van der Waals surface area (Å²) in [5, 5.41) is 4.14. The highest BCUT2D eigenvalue weighted by Gasteiger charge is 2.19. The predicted molar refractivity (Wildman–Crippen MR) is 69.9 cm³/mol. The number of halogens is 1. The van der Waals surface area contributed by atoms with Crippen LogP contribution in [0.25, 0.3) is 0 Å². The number of hydrogen-bond acceptors (Lipinski definition) is 2. The standard InChI is InChI=1S/C13H21ClN2/c1-4-15-8-6-13(2,3)9-11-5-7-16-10-12(11)14/h5,7,10,15H,4,6,8-9H2,1-3H3. The molecular weight excluding hydrogens is 220 g/mol. The zero-order valence-corrected chi connectivity index (χ0v) is 11.1. The zero-order chi connectivity index (χ0) is 12.0. The summed E-state index contributed by atoms with van der Waals surface area (Å²) in [5.41, 5.74) is 1.46. The van der Waals surface area contributed by atoms with Gasteiger partial charge in [0.05, 0.1) is 5.02 Å². The zero-order valence-electron chi connectivity index (χ0n) is 10.4. The fourth-order valence-electron chi connectivity index (χ4n) is 1.75. The van der Waals surface area contributed by atoms with Crippen molar-refractivity contribution < 1.29 is 0 Å². The third kappa shape index (κ3) is 4.50. The van der Waals surface area contributed by atoms with Crippen LogP contribution >= 0.6 is 11.6 Å². The fourth-order valence-corrected chi connectivity index (χ4v) is 1.94. The van der Waals surface area contributed by atoms with E-state index in [4.69, 9.17) is 11.6 Å². The maximum atomic E-state index is 6.11. The molecule has 90 valence electrons. The Hall–Kier alpha value is -0.600. The molecular formula is C13H21ClN2. The van der Waals surface area contributed by atoms with E-state index in [1.165, 1.54) is 5.56 Å². The van der Waals surface area contributed by atoms with Crippen molar-refractivity contribution in [2.24, 2.45) is 5.41 Å². The van der Waals surface area contributed by atoms with Crippen molar-refractivity contribution in [2.75, 3.05) is 13.1 Å². The van der Waals surface area contributed by atoms with Crippen molar-refractivity contribution in [1.29, 1.82) is 0 Å². The first-order valence-corrected chi connectivity index (χ1v) is 6.22. The summed E-state index contributed by atoms with van der Waals surface area (Å²) in [6, 6.07) is 2.01. The average molecular weight is 241 g/mol. The Morgan fingerprint density at radius 2 is 2.19 bits per heavy atom. The molecule has 0 bridgehead atoms. The van der Waals surface area contributed by atoms with Gasteiger partial charge in [-0.1, -0.05) is 32.4 Å². The molecule has 0 fully saturated rings. The van der Waals surface area contributed by atoms with Crippen LogP contribution < -0.4 is 5.32 Å². The first-order valence-electron chi connectivity index (χ1n) is 5.84. The fraction of sp³-hybridized carbons (Fsp3) is 0.615. The van der Waals surface area contributed by atoms with Gasteiger partial charge in [0.25, 0.3) is 0 Å². The van der Waals surface area contributed by atoms with E-state index in [-0.39, 0.29) is 5.41 Å². The summed E-state index contributed by atoms with van der Waals surface area (Å²) in [7, 11) is 0. The Balaban J connectivity index is 2.55. The molecule has 16 heavy (non-hydrogen) atoms. The van der Waals surface area contributed by atoms with Gasteiger partial charge in [-0.3, -0.25) is 4.98 Å². The molecule has 3 heteroatoms. The molecule has 0 amide bonds. The van der Waals surface area contributed by atoms with Crippen LogP contribution in [0.3, 0.4) is 0 Å². The molecule has 2 nitrogen and oxygen atoms in total. The number of nitrogens with one attached hydrogen (secondary N) is 1. The van der Waals surface area contributed by atoms with Crippen LogP contribution in [0, 0.1) is 5.41 Å². The van der Waals surface area contributed by atoms with Crippen molar-refractivity contribution in [3.05, 3.63) is 29.0 Å². The van der Waals surface area contributed by atoms with Crippen molar-refractivity contribution >= 4 is 11.6 Å². The highest BCUT2D eigenvalue weighted by Crippen LogP contribution is 2.28. The van der Waals surface area contributed by atoms with E-state index in [0.717, 1.165) is 31.0 Å². The van der Waals surface area contributed by atoms with Crippen molar-refractivity contribution in [3.8, 4) is 0 Å². The van der Waals surface area contributed by atoms with Crippen LogP contribution in [0.1, 0.15) is 32.8 Å². The summed E-state index contributed by atoms with van der Waals surface area (Å²) < 4.78 is 0. The highest BCUT2D eigenvalue weighted by atomic mass is 35.5. The molecule has 0 aromatic carbocycles. The monoisotopic (exact) mass is 240 g/mol. The van der Waals surface area contributed by atoms with Gasteiger partial charge < -0.3 is 5.32 Å². The molecule has 0 radical (unpaired) electrons. The van der Waals surface area contributed by atoms with E-state index in [2.05, 4.69) is 31.1 Å². The Labute approximate surface area is 103 Å². The van der Waals surface area contributed by atoms with Crippen LogP contribution in [0.4, 0.5) is 0 Å². The topological polar surface area (TPSA) is 24.9 Å². The van der Waals surface area contributed by atoms with Gasteiger partial charge >= 0.3 is 0 Å². The number of hydrogen-bond donors (Lipinski definition) is 1. The van der Waals surface area contributed by atoms with Crippen LogP contribution in [-0.4, -0.2) is 18.1 Å². The van der Waals surface area contributed by atoms with E-state index >= 15 is 0 Å². The molecule has 1 aromatic rings. The van der Waals surface area contributed by atoms with Gasteiger partial charge in [0, 0.05) is 12.4 Å². The maximum Gasteiger partial charge on any atom is 0.0621 e. The first kappa shape index (κ1) is 13.5. The number of pyridine rings is 1. The highest BCUT2D eigenvalue weighted by molar-refractivity contribution is 6.31. The quantitative estimate of drug-likeness (QED) is 0.772. The molecule has 1 rings (SSSR count). The SMILES string of the molecule is CCNCCC(C)(C)Cc1ccncc1Cl. The van der Waals surface area contributed by atoms with Gasteiger partial charge in [0.2, 0.25) is 0 Å². The smallest absolute Gasteiger partial charge is 0.0621 e. The minimum Gasteiger partial charge on any atom is -0.317 e. The molecule has 1 aromatic heterocycles. The summed E-state index contributed by atoms with van der Waals surface area (Å²) in [6.07, 6.45) is 5.68. The molecule has 0 unspecified atom stereocenters. The normalized spacial score (nSPS) is 11.8. The van der Waals surface area contributed by atoms with Gasteiger partial charge in [-0.15, -0.1) is 0 Å². The third-order valence-corrected chi connectivity index (χ3v) is 3.09. The van der Waals surface area contributed by atoms with Gasteiger partial charge in [0.1, 0.15) is 0 Å². The Morgan fingerprint density at radius 3 is 2.81 bits per heavy atom. The molecule has 0 aliphatic rings. The van der Waals surface area contributed by atoms with Crippen molar-refractivity contribution in [2.45, 2.75) is 33.6 Å². The lowest BCUT2D eigenvalue weighted by atomic mass is 9.83. The van der Waals surface area contributed by atoms with Gasteiger partial charge in [-0.05, 0) is 43.0 Å². The lowest BCUT2D eigenvalue weighted by Gasteiger charge is -2.25. The van der Waals surface area contributed by atoms with E-state index < -0.39 is 0 Å². The number of nitrogens with zero attached hydrogens (tertiary/aromatic N) is 1. The Kier molecular flexibility index (Phi) is 5.23. The summed E-state index contributed by atoms with van der Waals surface area (Å²) in [6.45, 7) is 8.78. The maximum absolute atomic E-state index is 6.11. The predicted octanol–water partition coefficient (Wildman–Crippen LogP) is 3.30. The second-order valence-electron chi connectivity index (χ2n) is 4.91. The van der Waals surface area contributed by atoms with E-state index in [9.17, 15) is 0 Å². The molecule has 0 spiro atoms. The molecule has 1 N–H and O–H groups in total. The van der Waals surface area contributed by atoms with Gasteiger partial charge in [0.15, 0.2) is 0 Å². The van der Waals surface area contributed by atoms with E-state index in [1.54, 1.807) is 6.20 Å². The first-order chi connectivity index (χ1) is 7.55. The number of rotatable bonds is 6. The lowest BCUT2D eigenvalue weighted by Crippen LogP contribution is -2.24.